The molecule has 1 aromatic rings. The summed E-state index contributed by atoms with van der Waals surface area (Å²) in [6, 6.07) is 3.82. The second kappa shape index (κ2) is 9.16. The highest BCUT2D eigenvalue weighted by Gasteiger charge is 2.24. The van der Waals surface area contributed by atoms with Gasteiger partial charge in [0.05, 0.1) is 16.2 Å². The van der Waals surface area contributed by atoms with E-state index in [1.807, 2.05) is 10.3 Å². The molecule has 28 heavy (non-hydrogen) atoms. The Morgan fingerprint density at radius 2 is 1.79 bits per heavy atom. The van der Waals surface area contributed by atoms with Crippen LogP contribution in [0.25, 0.3) is 0 Å². The summed E-state index contributed by atoms with van der Waals surface area (Å²) in [6.45, 7) is 6.99. The molecule has 0 spiro atoms. The topological polar surface area (TPSA) is 134 Å². The molecule has 0 bridgehead atoms. The summed E-state index contributed by atoms with van der Waals surface area (Å²) in [4.78, 5) is 48.5. The van der Waals surface area contributed by atoms with Crippen LogP contribution in [-0.2, 0) is 9.59 Å². The van der Waals surface area contributed by atoms with E-state index in [1.165, 1.54) is 18.2 Å². The second-order valence-corrected chi connectivity index (χ2v) is 7.16. The van der Waals surface area contributed by atoms with Crippen molar-refractivity contribution in [2.24, 2.45) is 5.92 Å². The molecule has 0 aromatic heterocycles. The van der Waals surface area contributed by atoms with Gasteiger partial charge in [0, 0.05) is 31.3 Å². The zero-order valence-electron chi connectivity index (χ0n) is 16.2. The van der Waals surface area contributed by atoms with Crippen LogP contribution in [0.4, 0.5) is 11.4 Å². The van der Waals surface area contributed by atoms with Crippen molar-refractivity contribution in [1.82, 2.24) is 16.2 Å². The number of non-ortho nitro benzene ring substituents is 1. The Morgan fingerprint density at radius 3 is 2.36 bits per heavy atom. The number of anilines is 1. The number of nitro groups is 1. The van der Waals surface area contributed by atoms with Crippen LogP contribution in [0.2, 0.25) is 0 Å². The molecule has 1 aromatic carbocycles. The number of piperidine rings is 1. The zero-order valence-corrected chi connectivity index (χ0v) is 16.2. The lowest BCUT2D eigenvalue weighted by Crippen LogP contribution is -2.50. The molecule has 0 unspecified atom stereocenters. The molecule has 1 aliphatic heterocycles. The summed E-state index contributed by atoms with van der Waals surface area (Å²) in [7, 11) is 0. The fourth-order valence-electron chi connectivity index (χ4n) is 2.91. The lowest BCUT2D eigenvalue weighted by Gasteiger charge is -2.33. The number of carbonyl (C=O) groups is 3. The number of hydrogen-bond donors (Lipinski definition) is 3. The molecule has 10 heteroatoms. The SMILES string of the molecule is CC1CCN(c2ccc([N+](=O)[O-])cc2C(=O)NNC(=O)C(=O)NC(C)C)CC1. The normalized spacial score (nSPS) is 14.5. The predicted octanol–water partition coefficient (Wildman–Crippen LogP) is 1.12. The molecule has 10 nitrogen and oxygen atoms in total. The van der Waals surface area contributed by atoms with E-state index in [-0.39, 0.29) is 17.3 Å². The standard InChI is InChI=1S/C18H25N5O5/c1-11(2)19-17(25)18(26)21-20-16(24)14-10-13(23(27)28)4-5-15(14)22-8-6-12(3)7-9-22/h4-5,10-12H,6-9H2,1-3H3,(H,19,25)(H,20,24)(H,21,26). The number of nitrogens with zero attached hydrogens (tertiary/aromatic N) is 2. The Morgan fingerprint density at radius 1 is 1.14 bits per heavy atom. The average Bonchev–Trinajstić information content (AvgIpc) is 2.65. The summed E-state index contributed by atoms with van der Waals surface area (Å²) < 4.78 is 0. The van der Waals surface area contributed by atoms with Crippen molar-refractivity contribution < 1.29 is 19.3 Å². The maximum Gasteiger partial charge on any atom is 0.327 e. The molecule has 2 rings (SSSR count). The molecule has 152 valence electrons. The van der Waals surface area contributed by atoms with Crippen LogP contribution in [0, 0.1) is 16.0 Å². The van der Waals surface area contributed by atoms with Crippen molar-refractivity contribution in [2.75, 3.05) is 18.0 Å². The largest absolute Gasteiger partial charge is 0.371 e. The van der Waals surface area contributed by atoms with Gasteiger partial charge < -0.3 is 10.2 Å². The number of amides is 3. The monoisotopic (exact) mass is 391 g/mol. The van der Waals surface area contributed by atoms with Crippen molar-refractivity contribution in [1.29, 1.82) is 0 Å². The number of hydrazine groups is 1. The number of nitrogens with one attached hydrogen (secondary N) is 3. The van der Waals surface area contributed by atoms with E-state index in [1.54, 1.807) is 13.8 Å². The number of rotatable bonds is 4. The van der Waals surface area contributed by atoms with Crippen LogP contribution in [-0.4, -0.2) is 41.8 Å². The van der Waals surface area contributed by atoms with Crippen LogP contribution in [0.1, 0.15) is 44.0 Å². The van der Waals surface area contributed by atoms with E-state index in [4.69, 9.17) is 0 Å². The van der Waals surface area contributed by atoms with E-state index >= 15 is 0 Å². The highest BCUT2D eigenvalue weighted by atomic mass is 16.6. The Kier molecular flexibility index (Phi) is 6.91. The number of nitro benzene ring substituents is 1. The Balaban J connectivity index is 2.17. The first-order valence-corrected chi connectivity index (χ1v) is 9.13. The Hall–Kier alpha value is -3.17. The molecule has 1 heterocycles. The third kappa shape index (κ3) is 5.41. The van der Waals surface area contributed by atoms with Gasteiger partial charge in [-0.15, -0.1) is 0 Å². The molecule has 0 atom stereocenters. The smallest absolute Gasteiger partial charge is 0.327 e. The van der Waals surface area contributed by atoms with Crippen LogP contribution in [0.5, 0.6) is 0 Å². The maximum absolute atomic E-state index is 12.6. The molecule has 3 N–H and O–H groups in total. The number of benzene rings is 1. The molecule has 3 amide bonds. The third-order valence-corrected chi connectivity index (χ3v) is 4.48. The van der Waals surface area contributed by atoms with Crippen LogP contribution in [0.15, 0.2) is 18.2 Å². The zero-order chi connectivity index (χ0) is 20.8. The fraction of sp³-hybridized carbons (Fsp3) is 0.500. The molecule has 0 saturated carbocycles. The van der Waals surface area contributed by atoms with E-state index in [0.29, 0.717) is 11.6 Å². The van der Waals surface area contributed by atoms with Gasteiger partial charge in [0.2, 0.25) is 0 Å². The second-order valence-electron chi connectivity index (χ2n) is 7.16. The number of hydrogen-bond acceptors (Lipinski definition) is 6. The summed E-state index contributed by atoms with van der Waals surface area (Å²) in [6.07, 6.45) is 1.90. The van der Waals surface area contributed by atoms with Gasteiger partial charge in [-0.1, -0.05) is 6.92 Å². The first-order chi connectivity index (χ1) is 13.2. The number of carbonyl (C=O) groups excluding carboxylic acids is 3. The van der Waals surface area contributed by atoms with Gasteiger partial charge in [-0.05, 0) is 38.7 Å². The summed E-state index contributed by atoms with van der Waals surface area (Å²) in [5.74, 6) is -2.08. The van der Waals surface area contributed by atoms with E-state index < -0.39 is 22.6 Å². The Bertz CT molecular complexity index is 772. The van der Waals surface area contributed by atoms with Crippen LogP contribution < -0.4 is 21.1 Å². The highest BCUT2D eigenvalue weighted by Crippen LogP contribution is 2.29. The molecule has 1 aliphatic rings. The first kappa shape index (κ1) is 21.1. The third-order valence-electron chi connectivity index (χ3n) is 4.48. The van der Waals surface area contributed by atoms with Crippen molar-refractivity contribution in [3.8, 4) is 0 Å². The molecule has 1 fully saturated rings. The van der Waals surface area contributed by atoms with Gasteiger partial charge >= 0.3 is 11.8 Å². The lowest BCUT2D eigenvalue weighted by atomic mass is 9.98. The van der Waals surface area contributed by atoms with E-state index in [9.17, 15) is 24.5 Å². The Labute approximate surface area is 162 Å². The van der Waals surface area contributed by atoms with Crippen molar-refractivity contribution in [2.45, 2.75) is 39.7 Å². The fourth-order valence-corrected chi connectivity index (χ4v) is 2.91. The van der Waals surface area contributed by atoms with E-state index in [2.05, 4.69) is 17.7 Å². The van der Waals surface area contributed by atoms with E-state index in [0.717, 1.165) is 25.9 Å². The molecule has 0 radical (unpaired) electrons. The van der Waals surface area contributed by atoms with Crippen molar-refractivity contribution in [3.63, 3.8) is 0 Å². The van der Waals surface area contributed by atoms with Gasteiger partial charge in [0.25, 0.3) is 11.6 Å². The van der Waals surface area contributed by atoms with Gasteiger partial charge in [-0.25, -0.2) is 0 Å². The molecular weight excluding hydrogens is 366 g/mol. The van der Waals surface area contributed by atoms with Crippen molar-refractivity contribution in [3.05, 3.63) is 33.9 Å². The summed E-state index contributed by atoms with van der Waals surface area (Å²) in [5.41, 5.74) is 4.57. The van der Waals surface area contributed by atoms with Gasteiger partial charge in [-0.2, -0.15) is 0 Å². The summed E-state index contributed by atoms with van der Waals surface area (Å²) >= 11 is 0. The highest BCUT2D eigenvalue weighted by molar-refractivity contribution is 6.35. The van der Waals surface area contributed by atoms with Gasteiger partial charge in [0.1, 0.15) is 0 Å². The predicted molar refractivity (Wildman–Crippen MR) is 103 cm³/mol. The minimum absolute atomic E-state index is 0.0633. The van der Waals surface area contributed by atoms with Gasteiger partial charge in [-0.3, -0.25) is 35.3 Å². The first-order valence-electron chi connectivity index (χ1n) is 9.13. The molecular formula is C18H25N5O5. The average molecular weight is 391 g/mol. The minimum atomic E-state index is -1.03. The molecule has 0 aliphatic carbocycles. The van der Waals surface area contributed by atoms with Crippen LogP contribution in [0.3, 0.4) is 0 Å². The van der Waals surface area contributed by atoms with Crippen molar-refractivity contribution >= 4 is 29.1 Å². The maximum atomic E-state index is 12.6. The van der Waals surface area contributed by atoms with Crippen LogP contribution >= 0.6 is 0 Å². The van der Waals surface area contributed by atoms with Gasteiger partial charge in [0.15, 0.2) is 0 Å². The quantitative estimate of drug-likeness (QED) is 0.400. The molecule has 1 saturated heterocycles. The lowest BCUT2D eigenvalue weighted by molar-refractivity contribution is -0.384. The summed E-state index contributed by atoms with van der Waals surface area (Å²) in [5, 5.41) is 13.5. The minimum Gasteiger partial charge on any atom is -0.371 e.